The van der Waals surface area contributed by atoms with Crippen molar-refractivity contribution in [2.75, 3.05) is 13.7 Å². The van der Waals surface area contributed by atoms with E-state index in [4.69, 9.17) is 9.47 Å². The van der Waals surface area contributed by atoms with Gasteiger partial charge in [-0.1, -0.05) is 6.08 Å². The zero-order chi connectivity index (χ0) is 15.1. The minimum Gasteiger partial charge on any atom is -0.497 e. The summed E-state index contributed by atoms with van der Waals surface area (Å²) >= 11 is 3.26. The molecular weight excluding hydrogens is 326 g/mol. The van der Waals surface area contributed by atoms with E-state index in [1.807, 2.05) is 0 Å². The summed E-state index contributed by atoms with van der Waals surface area (Å²) in [6.07, 6.45) is 0.658. The molecule has 1 atom stereocenters. The van der Waals surface area contributed by atoms with Crippen LogP contribution in [0.15, 0.2) is 35.3 Å². The molecule has 1 unspecified atom stereocenters. The number of benzene rings is 1. The van der Waals surface area contributed by atoms with Gasteiger partial charge in [0.25, 0.3) is 5.91 Å². The van der Waals surface area contributed by atoms with Crippen LogP contribution in [0.4, 0.5) is 0 Å². The first-order chi connectivity index (χ1) is 9.49. The van der Waals surface area contributed by atoms with Crippen molar-refractivity contribution >= 4 is 27.8 Å². The highest BCUT2D eigenvalue weighted by Gasteiger charge is 2.20. The number of hydrogen-bond acceptors (Lipinski definition) is 4. The van der Waals surface area contributed by atoms with Gasteiger partial charge in [0.05, 0.1) is 12.7 Å². The Hall–Kier alpha value is -1.82. The van der Waals surface area contributed by atoms with Gasteiger partial charge in [-0.15, -0.1) is 6.58 Å². The number of amides is 1. The van der Waals surface area contributed by atoms with Gasteiger partial charge in [0, 0.05) is 11.0 Å². The lowest BCUT2D eigenvalue weighted by Crippen LogP contribution is -2.35. The minimum atomic E-state index is -0.888. The molecule has 0 aliphatic rings. The number of carbonyl (C=O) groups is 2. The quantitative estimate of drug-likeness (QED) is 0.637. The Morgan fingerprint density at radius 1 is 1.50 bits per heavy atom. The molecular formula is C14H16BrNO4. The molecule has 0 aromatic heterocycles. The molecule has 5 nitrogen and oxygen atoms in total. The van der Waals surface area contributed by atoms with Crippen LogP contribution < -0.4 is 10.1 Å². The van der Waals surface area contributed by atoms with Crippen molar-refractivity contribution in [1.82, 2.24) is 5.32 Å². The Kier molecular flexibility index (Phi) is 6.24. The highest BCUT2D eigenvalue weighted by molar-refractivity contribution is 9.10. The number of carbonyl (C=O) groups excluding carboxylic acids is 2. The molecule has 0 spiro atoms. The normalized spacial score (nSPS) is 11.3. The van der Waals surface area contributed by atoms with Crippen molar-refractivity contribution < 1.29 is 19.1 Å². The Bertz CT molecular complexity index is 516. The lowest BCUT2D eigenvalue weighted by atomic mass is 10.2. The van der Waals surface area contributed by atoms with Gasteiger partial charge in [-0.2, -0.15) is 0 Å². The van der Waals surface area contributed by atoms with E-state index in [0.717, 1.165) is 0 Å². The van der Waals surface area contributed by atoms with Gasteiger partial charge < -0.3 is 14.8 Å². The van der Waals surface area contributed by atoms with Gasteiger partial charge in [0.2, 0.25) is 0 Å². The lowest BCUT2D eigenvalue weighted by molar-refractivity contribution is -0.128. The van der Waals surface area contributed by atoms with Crippen LogP contribution in [0.5, 0.6) is 5.75 Å². The summed E-state index contributed by atoms with van der Waals surface area (Å²) in [5.74, 6) is -0.446. The van der Waals surface area contributed by atoms with Gasteiger partial charge in [0.15, 0.2) is 6.10 Å². The van der Waals surface area contributed by atoms with Crippen molar-refractivity contribution in [2.24, 2.45) is 0 Å². The van der Waals surface area contributed by atoms with Gasteiger partial charge in [-0.3, -0.25) is 4.79 Å². The molecule has 1 aromatic rings. The SMILES string of the molecule is C=CCNC(=O)C(C)OC(=O)c1cc(OC)ccc1Br. The number of esters is 1. The smallest absolute Gasteiger partial charge is 0.340 e. The first-order valence-electron chi connectivity index (χ1n) is 5.92. The van der Waals surface area contributed by atoms with Crippen LogP contribution in [0.2, 0.25) is 0 Å². The Morgan fingerprint density at radius 2 is 2.20 bits per heavy atom. The molecule has 0 aliphatic heterocycles. The number of methoxy groups -OCH3 is 1. The molecule has 0 heterocycles. The third-order valence-electron chi connectivity index (χ3n) is 2.47. The summed E-state index contributed by atoms with van der Waals surface area (Å²) < 4.78 is 10.7. The second kappa shape index (κ2) is 7.69. The van der Waals surface area contributed by atoms with Crippen molar-refractivity contribution in [3.05, 3.63) is 40.9 Å². The van der Waals surface area contributed by atoms with E-state index in [9.17, 15) is 9.59 Å². The van der Waals surface area contributed by atoms with E-state index >= 15 is 0 Å². The second-order valence-electron chi connectivity index (χ2n) is 3.93. The molecule has 6 heteroatoms. The van der Waals surface area contributed by atoms with Crippen molar-refractivity contribution in [2.45, 2.75) is 13.0 Å². The van der Waals surface area contributed by atoms with Crippen LogP contribution in [0.1, 0.15) is 17.3 Å². The van der Waals surface area contributed by atoms with Crippen LogP contribution >= 0.6 is 15.9 Å². The van der Waals surface area contributed by atoms with Gasteiger partial charge >= 0.3 is 5.97 Å². The zero-order valence-corrected chi connectivity index (χ0v) is 12.9. The average Bonchev–Trinajstić information content (AvgIpc) is 2.44. The second-order valence-corrected chi connectivity index (χ2v) is 4.78. The van der Waals surface area contributed by atoms with Crippen molar-refractivity contribution in [1.29, 1.82) is 0 Å². The van der Waals surface area contributed by atoms with E-state index in [0.29, 0.717) is 22.3 Å². The maximum atomic E-state index is 12.0. The molecule has 1 N–H and O–H groups in total. The van der Waals surface area contributed by atoms with Crippen LogP contribution in [0, 0.1) is 0 Å². The molecule has 0 radical (unpaired) electrons. The van der Waals surface area contributed by atoms with Crippen LogP contribution in [-0.4, -0.2) is 31.6 Å². The van der Waals surface area contributed by atoms with Crippen molar-refractivity contribution in [3.63, 3.8) is 0 Å². The fourth-order valence-electron chi connectivity index (χ4n) is 1.38. The summed E-state index contributed by atoms with van der Waals surface area (Å²) in [7, 11) is 1.50. The molecule has 1 rings (SSSR count). The Morgan fingerprint density at radius 3 is 2.80 bits per heavy atom. The van der Waals surface area contributed by atoms with E-state index in [1.165, 1.54) is 14.0 Å². The predicted octanol–water partition coefficient (Wildman–Crippen LogP) is 2.31. The summed E-state index contributed by atoms with van der Waals surface area (Å²) in [5, 5.41) is 2.56. The first kappa shape index (κ1) is 16.2. The molecule has 1 amide bonds. The average molecular weight is 342 g/mol. The minimum absolute atomic E-state index is 0.299. The van der Waals surface area contributed by atoms with Crippen LogP contribution in [-0.2, 0) is 9.53 Å². The van der Waals surface area contributed by atoms with Crippen molar-refractivity contribution in [3.8, 4) is 5.75 Å². The highest BCUT2D eigenvalue weighted by Crippen LogP contribution is 2.23. The highest BCUT2D eigenvalue weighted by atomic mass is 79.9. The number of ether oxygens (including phenoxy) is 2. The topological polar surface area (TPSA) is 64.6 Å². The van der Waals surface area contributed by atoms with Crippen LogP contribution in [0.3, 0.4) is 0 Å². The third-order valence-corrected chi connectivity index (χ3v) is 3.16. The van der Waals surface area contributed by atoms with E-state index in [-0.39, 0.29) is 5.91 Å². The Labute approximate surface area is 126 Å². The van der Waals surface area contributed by atoms with Crippen LogP contribution in [0.25, 0.3) is 0 Å². The monoisotopic (exact) mass is 341 g/mol. The largest absolute Gasteiger partial charge is 0.497 e. The fraction of sp³-hybridized carbons (Fsp3) is 0.286. The maximum absolute atomic E-state index is 12.0. The number of hydrogen-bond donors (Lipinski definition) is 1. The van der Waals surface area contributed by atoms with Gasteiger partial charge in [0.1, 0.15) is 5.75 Å². The molecule has 0 fully saturated rings. The van der Waals surface area contributed by atoms with Gasteiger partial charge in [-0.05, 0) is 41.1 Å². The molecule has 20 heavy (non-hydrogen) atoms. The Balaban J connectivity index is 2.75. The van der Waals surface area contributed by atoms with E-state index in [1.54, 1.807) is 24.3 Å². The predicted molar refractivity (Wildman–Crippen MR) is 78.8 cm³/mol. The molecule has 0 bridgehead atoms. The maximum Gasteiger partial charge on any atom is 0.340 e. The molecule has 0 aliphatic carbocycles. The van der Waals surface area contributed by atoms with Gasteiger partial charge in [-0.25, -0.2) is 4.79 Å². The summed E-state index contributed by atoms with van der Waals surface area (Å²) in [5.41, 5.74) is 0.299. The summed E-state index contributed by atoms with van der Waals surface area (Å²) in [4.78, 5) is 23.6. The van der Waals surface area contributed by atoms with E-state index in [2.05, 4.69) is 27.8 Å². The zero-order valence-electron chi connectivity index (χ0n) is 11.3. The third kappa shape index (κ3) is 4.38. The molecule has 0 saturated heterocycles. The molecule has 0 saturated carbocycles. The fourth-order valence-corrected chi connectivity index (χ4v) is 1.79. The molecule has 108 valence electrons. The molecule has 1 aromatic carbocycles. The summed E-state index contributed by atoms with van der Waals surface area (Å²) in [6, 6.07) is 4.93. The standard InChI is InChI=1S/C14H16BrNO4/c1-4-7-16-13(17)9(2)20-14(18)11-8-10(19-3)5-6-12(11)15/h4-6,8-9H,1,7H2,2-3H3,(H,16,17). The number of nitrogens with one attached hydrogen (secondary N) is 1. The first-order valence-corrected chi connectivity index (χ1v) is 6.72. The number of rotatable bonds is 6. The summed E-state index contributed by atoms with van der Waals surface area (Å²) in [6.45, 7) is 5.32. The number of halogens is 1. The van der Waals surface area contributed by atoms with E-state index < -0.39 is 12.1 Å². The lowest BCUT2D eigenvalue weighted by Gasteiger charge is -2.13.